The van der Waals surface area contributed by atoms with Crippen molar-refractivity contribution in [2.45, 2.75) is 45.1 Å². The number of aromatic nitrogens is 2. The van der Waals surface area contributed by atoms with Gasteiger partial charge in [-0.05, 0) is 85.9 Å². The van der Waals surface area contributed by atoms with Gasteiger partial charge in [-0.15, -0.1) is 0 Å². The van der Waals surface area contributed by atoms with E-state index in [-0.39, 0.29) is 5.92 Å². The van der Waals surface area contributed by atoms with Gasteiger partial charge in [-0.2, -0.15) is 10.2 Å². The summed E-state index contributed by atoms with van der Waals surface area (Å²) < 4.78 is 12.1. The van der Waals surface area contributed by atoms with Crippen LogP contribution in [0.1, 0.15) is 47.9 Å². The zero-order valence-corrected chi connectivity index (χ0v) is 25.1. The second-order valence-electron chi connectivity index (χ2n) is 12.1. The number of nitrogen functional groups attached to an aromatic ring is 1. The highest BCUT2D eigenvalue weighted by atomic mass is 16.5. The standard InChI is InChI=1S/C34H40N6O4/c35-20-23-1-3-25(4-2-23)22-44-28-10-12-29-27(19-28)9-11-30-31(29)37-34(36)38-32(30)40-15-13-39(14-16-40)17-18-43-21-24-5-7-26(8-6-24)33(41)42/h1-4,10,12,19,24,26H,5-9,11,13-18,21-22H2,(H,41,42)(H2,36,37,38). The van der Waals surface area contributed by atoms with E-state index in [4.69, 9.17) is 25.5 Å². The van der Waals surface area contributed by atoms with E-state index in [0.717, 1.165) is 112 Å². The fourth-order valence-corrected chi connectivity index (χ4v) is 6.61. The Morgan fingerprint density at radius 1 is 1.02 bits per heavy atom. The van der Waals surface area contributed by atoms with Gasteiger partial charge in [0, 0.05) is 50.5 Å². The third-order valence-corrected chi connectivity index (χ3v) is 9.24. The molecule has 2 fully saturated rings. The lowest BCUT2D eigenvalue weighted by Gasteiger charge is -2.37. The Bertz CT molecular complexity index is 1510. The highest BCUT2D eigenvalue weighted by Crippen LogP contribution is 2.38. The highest BCUT2D eigenvalue weighted by Gasteiger charge is 2.28. The predicted molar refractivity (Wildman–Crippen MR) is 167 cm³/mol. The predicted octanol–water partition coefficient (Wildman–Crippen LogP) is 4.30. The lowest BCUT2D eigenvalue weighted by Crippen LogP contribution is -2.48. The van der Waals surface area contributed by atoms with E-state index in [2.05, 4.69) is 33.0 Å². The maximum atomic E-state index is 11.2. The van der Waals surface area contributed by atoms with Gasteiger partial charge in [0.1, 0.15) is 18.2 Å². The number of rotatable bonds is 10. The third kappa shape index (κ3) is 6.95. The number of anilines is 2. The van der Waals surface area contributed by atoms with E-state index in [1.165, 1.54) is 5.56 Å². The molecule has 6 rings (SSSR count). The number of carboxylic acids is 1. The van der Waals surface area contributed by atoms with Crippen LogP contribution in [0.5, 0.6) is 5.75 Å². The number of ether oxygens (including phenoxy) is 2. The monoisotopic (exact) mass is 596 g/mol. The van der Waals surface area contributed by atoms with Crippen molar-refractivity contribution >= 4 is 17.7 Å². The van der Waals surface area contributed by atoms with Crippen molar-refractivity contribution in [3.8, 4) is 23.1 Å². The van der Waals surface area contributed by atoms with Crippen LogP contribution in [0.3, 0.4) is 0 Å². The molecule has 3 N–H and O–H groups in total. The molecule has 2 aromatic carbocycles. The number of carboxylic acid groups (broad SMARTS) is 1. The number of nitrogens with zero attached hydrogens (tertiary/aromatic N) is 5. The molecule has 2 heterocycles. The molecule has 0 radical (unpaired) electrons. The maximum Gasteiger partial charge on any atom is 0.306 e. The molecule has 0 spiro atoms. The second kappa shape index (κ2) is 13.6. The van der Waals surface area contributed by atoms with Crippen LogP contribution in [0.2, 0.25) is 0 Å². The van der Waals surface area contributed by atoms with Gasteiger partial charge in [-0.3, -0.25) is 9.69 Å². The molecule has 230 valence electrons. The van der Waals surface area contributed by atoms with E-state index >= 15 is 0 Å². The maximum absolute atomic E-state index is 11.2. The molecule has 1 saturated heterocycles. The van der Waals surface area contributed by atoms with Gasteiger partial charge in [-0.25, -0.2) is 4.98 Å². The minimum atomic E-state index is -0.657. The van der Waals surface area contributed by atoms with Crippen molar-refractivity contribution in [2.24, 2.45) is 11.8 Å². The summed E-state index contributed by atoms with van der Waals surface area (Å²) in [5.74, 6) is 1.70. The van der Waals surface area contributed by atoms with Crippen LogP contribution >= 0.6 is 0 Å². The molecule has 0 amide bonds. The number of aliphatic carboxylic acids is 1. The number of carbonyl (C=O) groups is 1. The number of nitrogens with two attached hydrogens (primary N) is 1. The van der Waals surface area contributed by atoms with Crippen LogP contribution in [-0.4, -0.2) is 71.9 Å². The summed E-state index contributed by atoms with van der Waals surface area (Å²) in [4.78, 5) is 25.3. The average Bonchev–Trinajstić information content (AvgIpc) is 3.06. The van der Waals surface area contributed by atoms with Crippen molar-refractivity contribution < 1.29 is 19.4 Å². The fraction of sp³-hybridized carbons (Fsp3) is 0.471. The van der Waals surface area contributed by atoms with Crippen LogP contribution in [0.15, 0.2) is 42.5 Å². The molecule has 0 atom stereocenters. The fourth-order valence-electron chi connectivity index (χ4n) is 6.61. The van der Waals surface area contributed by atoms with Gasteiger partial charge in [0.2, 0.25) is 5.95 Å². The summed E-state index contributed by atoms with van der Waals surface area (Å²) in [5, 5.41) is 18.2. The van der Waals surface area contributed by atoms with Crippen molar-refractivity contribution in [1.29, 1.82) is 5.26 Å². The average molecular weight is 597 g/mol. The lowest BCUT2D eigenvalue weighted by atomic mass is 9.82. The van der Waals surface area contributed by atoms with Crippen molar-refractivity contribution in [3.63, 3.8) is 0 Å². The number of nitriles is 1. The number of piperazine rings is 1. The minimum Gasteiger partial charge on any atom is -0.489 e. The summed E-state index contributed by atoms with van der Waals surface area (Å²) in [7, 11) is 0. The van der Waals surface area contributed by atoms with Crippen molar-refractivity contribution in [1.82, 2.24) is 14.9 Å². The van der Waals surface area contributed by atoms with Crippen LogP contribution in [0, 0.1) is 23.2 Å². The molecule has 1 saturated carbocycles. The molecule has 10 nitrogen and oxygen atoms in total. The largest absolute Gasteiger partial charge is 0.489 e. The number of aryl methyl sites for hydroxylation is 1. The quantitative estimate of drug-likeness (QED) is 0.326. The van der Waals surface area contributed by atoms with Gasteiger partial charge in [0.25, 0.3) is 0 Å². The van der Waals surface area contributed by atoms with E-state index < -0.39 is 5.97 Å². The molecule has 44 heavy (non-hydrogen) atoms. The molecule has 1 aliphatic heterocycles. The number of hydrogen-bond acceptors (Lipinski definition) is 9. The van der Waals surface area contributed by atoms with Crippen LogP contribution in [0.4, 0.5) is 11.8 Å². The number of benzene rings is 2. The first-order valence-electron chi connectivity index (χ1n) is 15.7. The smallest absolute Gasteiger partial charge is 0.306 e. The molecule has 3 aromatic rings. The third-order valence-electron chi connectivity index (χ3n) is 9.24. The first-order valence-corrected chi connectivity index (χ1v) is 15.7. The normalized spacial score (nSPS) is 19.9. The van der Waals surface area contributed by atoms with Crippen LogP contribution in [0.25, 0.3) is 11.3 Å². The molecule has 2 aliphatic carbocycles. The van der Waals surface area contributed by atoms with Gasteiger partial charge in [0.05, 0.1) is 29.9 Å². The highest BCUT2D eigenvalue weighted by molar-refractivity contribution is 5.76. The first-order chi connectivity index (χ1) is 21.5. The minimum absolute atomic E-state index is 0.174. The first kappa shape index (κ1) is 29.9. The molecule has 0 unspecified atom stereocenters. The molecule has 0 bridgehead atoms. The molecular weight excluding hydrogens is 556 g/mol. The van der Waals surface area contributed by atoms with Gasteiger partial charge in [-0.1, -0.05) is 12.1 Å². The summed E-state index contributed by atoms with van der Waals surface area (Å²) >= 11 is 0. The molecule has 10 heteroatoms. The Labute approximate surface area is 258 Å². The Morgan fingerprint density at radius 2 is 1.80 bits per heavy atom. The molecule has 3 aliphatic rings. The Morgan fingerprint density at radius 3 is 2.52 bits per heavy atom. The van der Waals surface area contributed by atoms with Gasteiger partial charge >= 0.3 is 5.97 Å². The second-order valence-corrected chi connectivity index (χ2v) is 12.1. The molecular formula is C34H40N6O4. The van der Waals surface area contributed by atoms with Crippen LogP contribution in [-0.2, 0) is 29.0 Å². The lowest BCUT2D eigenvalue weighted by molar-refractivity contribution is -0.143. The van der Waals surface area contributed by atoms with Crippen molar-refractivity contribution in [2.75, 3.05) is 56.6 Å². The summed E-state index contributed by atoms with van der Waals surface area (Å²) in [6.07, 6.45) is 5.16. The zero-order chi connectivity index (χ0) is 30.5. The summed E-state index contributed by atoms with van der Waals surface area (Å²) in [5.41, 5.74) is 12.3. The Hall–Kier alpha value is -4.20. The number of hydrogen-bond donors (Lipinski definition) is 2. The van der Waals surface area contributed by atoms with E-state index in [1.807, 2.05) is 18.2 Å². The van der Waals surface area contributed by atoms with E-state index in [0.29, 0.717) is 30.6 Å². The topological polar surface area (TPSA) is 138 Å². The Balaban J connectivity index is 1.02. The molecule has 1 aromatic heterocycles. The van der Waals surface area contributed by atoms with Crippen LogP contribution < -0.4 is 15.4 Å². The van der Waals surface area contributed by atoms with E-state index in [1.54, 1.807) is 12.1 Å². The SMILES string of the molecule is N#Cc1ccc(COc2ccc3c(c2)CCc2c-3nc(N)nc2N2CCN(CCOCC3CCC(C(=O)O)CC3)CC2)cc1. The number of fused-ring (bicyclic) bond motifs is 3. The zero-order valence-electron chi connectivity index (χ0n) is 25.1. The summed E-state index contributed by atoms with van der Waals surface area (Å²) in [6, 6.07) is 15.7. The van der Waals surface area contributed by atoms with Crippen molar-refractivity contribution in [3.05, 3.63) is 64.7 Å². The Kier molecular flexibility index (Phi) is 9.24. The van der Waals surface area contributed by atoms with Gasteiger partial charge in [0.15, 0.2) is 0 Å². The van der Waals surface area contributed by atoms with Gasteiger partial charge < -0.3 is 25.2 Å². The van der Waals surface area contributed by atoms with E-state index in [9.17, 15) is 9.90 Å². The summed E-state index contributed by atoms with van der Waals surface area (Å²) in [6.45, 7) is 6.37.